The van der Waals surface area contributed by atoms with E-state index >= 15 is 0 Å². The zero-order valence-electron chi connectivity index (χ0n) is 27.1. The topological polar surface area (TPSA) is 159 Å². The second kappa shape index (κ2) is 15.7. The molecule has 48 heavy (non-hydrogen) atoms. The number of aromatic nitrogens is 2. The van der Waals surface area contributed by atoms with E-state index in [-0.39, 0.29) is 34.8 Å². The molecule has 4 N–H and O–H groups in total. The first-order valence-corrected chi connectivity index (χ1v) is 16.2. The minimum atomic E-state index is -0.983. The Morgan fingerprint density at radius 2 is 0.979 bits per heavy atom. The van der Waals surface area contributed by atoms with Gasteiger partial charge in [-0.05, 0) is 72.9 Å². The number of aliphatic hydroxyl groups is 2. The van der Waals surface area contributed by atoms with Crippen LogP contribution in [-0.4, -0.2) is 57.7 Å². The molecule has 2 aliphatic carbocycles. The van der Waals surface area contributed by atoms with Crippen LogP contribution in [0.5, 0.6) is 0 Å². The molecule has 2 amide bonds. The van der Waals surface area contributed by atoms with E-state index in [1.807, 2.05) is 36.4 Å². The average molecular weight is 649 g/mol. The molecule has 0 radical (unpaired) electrons. The first kappa shape index (κ1) is 34.3. The lowest BCUT2D eigenvalue weighted by Crippen LogP contribution is -2.21. The predicted octanol–water partition coefficient (Wildman–Crippen LogP) is 5.01. The van der Waals surface area contributed by atoms with E-state index in [4.69, 9.17) is 0 Å². The van der Waals surface area contributed by atoms with Crippen molar-refractivity contribution in [1.29, 1.82) is 0 Å². The van der Waals surface area contributed by atoms with E-state index in [1.54, 1.807) is 36.4 Å². The van der Waals surface area contributed by atoms with Crippen molar-refractivity contribution in [2.24, 2.45) is 11.8 Å². The number of rotatable bonds is 12. The first-order chi connectivity index (χ1) is 23.2. The number of amides is 2. The third-order valence-corrected chi connectivity index (χ3v) is 8.39. The van der Waals surface area contributed by atoms with Gasteiger partial charge in [0.2, 0.25) is 0 Å². The Balaban J connectivity index is 0.000000188. The molecular formula is C38H40N4O6. The zero-order valence-corrected chi connectivity index (χ0v) is 27.1. The number of nitrogens with zero attached hydrogens (tertiary/aromatic N) is 2. The Labute approximate surface area is 279 Å². The summed E-state index contributed by atoms with van der Waals surface area (Å²) in [7, 11) is 3.02. The van der Waals surface area contributed by atoms with Crippen molar-refractivity contribution in [3.05, 3.63) is 130 Å². The molecule has 2 saturated carbocycles. The lowest BCUT2D eigenvalue weighted by atomic mass is 10.0. The summed E-state index contributed by atoms with van der Waals surface area (Å²) in [6, 6.07) is 24.3. The van der Waals surface area contributed by atoms with Gasteiger partial charge in [-0.15, -0.1) is 0 Å². The summed E-state index contributed by atoms with van der Waals surface area (Å²) in [6.07, 6.45) is 3.33. The highest BCUT2D eigenvalue weighted by Crippen LogP contribution is 2.35. The number of aliphatic hydroxyl groups excluding tert-OH is 2. The van der Waals surface area contributed by atoms with Gasteiger partial charge in [-0.1, -0.05) is 60.7 Å². The normalized spacial score (nSPS) is 14.9. The Hall–Kier alpha value is -5.06. The van der Waals surface area contributed by atoms with E-state index in [0.29, 0.717) is 58.3 Å². The third kappa shape index (κ3) is 9.05. The van der Waals surface area contributed by atoms with E-state index in [9.17, 15) is 29.4 Å². The molecule has 2 heterocycles. The molecule has 2 aliphatic rings. The molecule has 2 aromatic carbocycles. The number of pyridine rings is 2. The molecule has 0 saturated heterocycles. The molecule has 2 atom stereocenters. The summed E-state index contributed by atoms with van der Waals surface area (Å²) in [5, 5.41) is 26.2. The van der Waals surface area contributed by atoms with Crippen LogP contribution in [0.1, 0.15) is 115 Å². The van der Waals surface area contributed by atoms with E-state index in [2.05, 4.69) is 20.6 Å². The van der Waals surface area contributed by atoms with E-state index < -0.39 is 12.2 Å². The predicted molar refractivity (Wildman–Crippen MR) is 180 cm³/mol. The number of Topliss-reactive ketones (excluding diaryl/α,β-unsaturated/α-hetero) is 2. The van der Waals surface area contributed by atoms with Gasteiger partial charge in [0.25, 0.3) is 11.8 Å². The molecule has 4 aromatic rings. The molecule has 0 bridgehead atoms. The van der Waals surface area contributed by atoms with Crippen LogP contribution in [-0.2, 0) is 0 Å². The largest absolute Gasteiger partial charge is 0.382 e. The molecule has 0 aliphatic heterocycles. The van der Waals surface area contributed by atoms with Gasteiger partial charge in [0.15, 0.2) is 11.6 Å². The van der Waals surface area contributed by atoms with Crippen molar-refractivity contribution in [2.45, 2.75) is 50.7 Å². The van der Waals surface area contributed by atoms with Crippen molar-refractivity contribution < 1.29 is 29.4 Å². The van der Waals surface area contributed by atoms with Gasteiger partial charge in [0.1, 0.15) is 23.6 Å². The number of hydrogen-bond acceptors (Lipinski definition) is 8. The van der Waals surface area contributed by atoms with Gasteiger partial charge < -0.3 is 20.8 Å². The smallest absolute Gasteiger partial charge is 0.269 e. The highest BCUT2D eigenvalue weighted by atomic mass is 16.3. The van der Waals surface area contributed by atoms with Crippen LogP contribution in [0.2, 0.25) is 0 Å². The monoisotopic (exact) mass is 648 g/mol. The summed E-state index contributed by atoms with van der Waals surface area (Å²) in [4.78, 5) is 57.3. The standard InChI is InChI=1S/2C19H20N2O3/c2*1-20-19(24)16-11-14(17(22)9-12-7-8-12)10-15(21-16)18(23)13-5-3-2-4-6-13/h2*2-6,10-12,18,23H,7-9H2,1H3,(H,20,24)/t2*18-/m10/s1. The Kier molecular flexibility index (Phi) is 11.2. The summed E-state index contributed by atoms with van der Waals surface area (Å²) < 4.78 is 0. The van der Waals surface area contributed by atoms with Crippen LogP contribution in [0, 0.1) is 11.8 Å². The third-order valence-electron chi connectivity index (χ3n) is 8.39. The summed E-state index contributed by atoms with van der Waals surface area (Å²) in [5.74, 6) is 0.140. The highest BCUT2D eigenvalue weighted by molar-refractivity contribution is 6.00. The van der Waals surface area contributed by atoms with Gasteiger partial charge in [-0.3, -0.25) is 19.2 Å². The fourth-order valence-electron chi connectivity index (χ4n) is 5.21. The SMILES string of the molecule is CNC(=O)c1cc(C(=O)CC2CC2)cc([C@@H](O)c2ccccc2)n1.CNC(=O)c1cc(C(=O)CC2CC2)cc([C@H](O)c2ccccc2)n1. The van der Waals surface area contributed by atoms with Crippen molar-refractivity contribution in [2.75, 3.05) is 14.1 Å². The number of ketones is 2. The summed E-state index contributed by atoms with van der Waals surface area (Å²) in [6.45, 7) is 0. The molecule has 10 heteroatoms. The molecule has 2 fully saturated rings. The van der Waals surface area contributed by atoms with Crippen molar-refractivity contribution in [3.63, 3.8) is 0 Å². The van der Waals surface area contributed by atoms with Crippen molar-refractivity contribution in [1.82, 2.24) is 20.6 Å². The maximum atomic E-state index is 12.4. The quantitative estimate of drug-likeness (QED) is 0.156. The zero-order chi connectivity index (χ0) is 34.2. The summed E-state index contributed by atoms with van der Waals surface area (Å²) >= 11 is 0. The number of nitrogens with one attached hydrogen (secondary N) is 2. The molecule has 10 nitrogen and oxygen atoms in total. The minimum absolute atomic E-state index is 0.00781. The maximum absolute atomic E-state index is 12.4. The van der Waals surface area contributed by atoms with Gasteiger partial charge in [-0.2, -0.15) is 0 Å². The van der Waals surface area contributed by atoms with Crippen LogP contribution in [0.15, 0.2) is 84.9 Å². The Morgan fingerprint density at radius 1 is 0.625 bits per heavy atom. The highest BCUT2D eigenvalue weighted by Gasteiger charge is 2.28. The van der Waals surface area contributed by atoms with Crippen LogP contribution in [0.4, 0.5) is 0 Å². The van der Waals surface area contributed by atoms with Gasteiger partial charge in [-0.25, -0.2) is 9.97 Å². The van der Waals surface area contributed by atoms with Gasteiger partial charge >= 0.3 is 0 Å². The fourth-order valence-corrected chi connectivity index (χ4v) is 5.21. The summed E-state index contributed by atoms with van der Waals surface area (Å²) in [5.41, 5.74) is 3.09. The number of benzene rings is 2. The Bertz CT molecular complexity index is 1640. The van der Waals surface area contributed by atoms with Crippen molar-refractivity contribution >= 4 is 23.4 Å². The lowest BCUT2D eigenvalue weighted by molar-refractivity contribution is 0.0945. The van der Waals surface area contributed by atoms with Crippen molar-refractivity contribution in [3.8, 4) is 0 Å². The second-order valence-electron chi connectivity index (χ2n) is 12.3. The lowest BCUT2D eigenvalue weighted by Gasteiger charge is -2.13. The first-order valence-electron chi connectivity index (χ1n) is 16.2. The average Bonchev–Trinajstić information content (AvgIpc) is 4.09. The number of carbonyl (C=O) groups is 4. The Morgan fingerprint density at radius 3 is 1.29 bits per heavy atom. The molecular weight excluding hydrogens is 608 g/mol. The maximum Gasteiger partial charge on any atom is 0.269 e. The van der Waals surface area contributed by atoms with Gasteiger partial charge in [0.05, 0.1) is 11.4 Å². The molecule has 0 unspecified atom stereocenters. The van der Waals surface area contributed by atoms with Crippen LogP contribution >= 0.6 is 0 Å². The molecule has 248 valence electrons. The number of hydrogen-bond donors (Lipinski definition) is 4. The molecule has 0 spiro atoms. The van der Waals surface area contributed by atoms with Gasteiger partial charge in [0, 0.05) is 38.1 Å². The fraction of sp³-hybridized carbons (Fsp3) is 0.316. The van der Waals surface area contributed by atoms with Crippen LogP contribution < -0.4 is 10.6 Å². The molecule has 6 rings (SSSR count). The van der Waals surface area contributed by atoms with E-state index in [0.717, 1.165) is 25.7 Å². The van der Waals surface area contributed by atoms with E-state index in [1.165, 1.54) is 26.2 Å². The second-order valence-corrected chi connectivity index (χ2v) is 12.3. The minimum Gasteiger partial charge on any atom is -0.382 e. The van der Waals surface area contributed by atoms with Crippen LogP contribution in [0.3, 0.4) is 0 Å². The molecule has 2 aromatic heterocycles. The van der Waals surface area contributed by atoms with Crippen LogP contribution in [0.25, 0.3) is 0 Å². The number of carbonyl (C=O) groups excluding carboxylic acids is 4.